The summed E-state index contributed by atoms with van der Waals surface area (Å²) in [5.41, 5.74) is 1.98. The predicted octanol–water partition coefficient (Wildman–Crippen LogP) is 4.51. The topological polar surface area (TPSA) is 78.5 Å². The summed E-state index contributed by atoms with van der Waals surface area (Å²) >= 11 is 12.0. The van der Waals surface area contributed by atoms with Gasteiger partial charge in [0.05, 0.1) is 0 Å². The molecule has 1 fully saturated rings. The van der Waals surface area contributed by atoms with Gasteiger partial charge in [0.15, 0.2) is 0 Å². The minimum Gasteiger partial charge on any atom is -0.350 e. The molecule has 1 atom stereocenters. The van der Waals surface area contributed by atoms with Crippen LogP contribution in [0.15, 0.2) is 42.5 Å². The molecule has 2 aromatic carbocycles. The number of nitrogens with zero attached hydrogens (tertiary/aromatic N) is 1. The summed E-state index contributed by atoms with van der Waals surface area (Å²) in [7, 11) is 0. The summed E-state index contributed by atoms with van der Waals surface area (Å²) in [6.45, 7) is 4.50. The van der Waals surface area contributed by atoms with Crippen LogP contribution in [0.25, 0.3) is 0 Å². The minimum atomic E-state index is -0.533. The maximum atomic E-state index is 12.9. The van der Waals surface area contributed by atoms with Crippen LogP contribution in [0.4, 0.5) is 5.69 Å². The normalized spacial score (nSPS) is 15.8. The number of carbonyl (C=O) groups is 3. The lowest BCUT2D eigenvalue weighted by Gasteiger charge is -2.24. The number of amides is 3. The number of likely N-dealkylation sites (tertiary alicyclic amines) is 1. The van der Waals surface area contributed by atoms with Crippen LogP contribution >= 0.6 is 23.2 Å². The first kappa shape index (κ1) is 23.1. The molecular formula is C23H25Cl2N3O3. The molecule has 0 radical (unpaired) electrons. The molecular weight excluding hydrogens is 437 g/mol. The Balaban J connectivity index is 1.59. The Bertz CT molecular complexity index is 956. The van der Waals surface area contributed by atoms with E-state index in [0.717, 1.165) is 12.0 Å². The van der Waals surface area contributed by atoms with Crippen LogP contribution < -0.4 is 10.6 Å². The van der Waals surface area contributed by atoms with Gasteiger partial charge < -0.3 is 15.5 Å². The Morgan fingerprint density at radius 2 is 1.71 bits per heavy atom. The third-order valence-electron chi connectivity index (χ3n) is 5.14. The Morgan fingerprint density at radius 1 is 1.06 bits per heavy atom. The van der Waals surface area contributed by atoms with Crippen LogP contribution in [0.3, 0.4) is 0 Å². The summed E-state index contributed by atoms with van der Waals surface area (Å²) < 4.78 is 0. The molecule has 164 valence electrons. The highest BCUT2D eigenvalue weighted by Crippen LogP contribution is 2.24. The first-order valence-corrected chi connectivity index (χ1v) is 10.9. The molecule has 3 amide bonds. The summed E-state index contributed by atoms with van der Waals surface area (Å²) in [6.07, 6.45) is 1.36. The fraction of sp³-hybridized carbons (Fsp3) is 0.348. The van der Waals surface area contributed by atoms with Crippen molar-refractivity contribution in [2.45, 2.75) is 39.3 Å². The van der Waals surface area contributed by atoms with E-state index in [0.29, 0.717) is 40.8 Å². The average Bonchev–Trinajstić information content (AvgIpc) is 3.21. The summed E-state index contributed by atoms with van der Waals surface area (Å²) in [6, 6.07) is 11.4. The Hall–Kier alpha value is -2.57. The quantitative estimate of drug-likeness (QED) is 0.663. The Kier molecular flexibility index (Phi) is 7.57. The second-order valence-corrected chi connectivity index (χ2v) is 8.75. The molecule has 0 bridgehead atoms. The highest BCUT2D eigenvalue weighted by atomic mass is 35.5. The predicted molar refractivity (Wildman–Crippen MR) is 122 cm³/mol. The van der Waals surface area contributed by atoms with E-state index >= 15 is 0 Å². The van der Waals surface area contributed by atoms with Crippen LogP contribution in [0, 0.1) is 5.92 Å². The fourth-order valence-electron chi connectivity index (χ4n) is 3.43. The number of halogens is 2. The van der Waals surface area contributed by atoms with Gasteiger partial charge in [0.25, 0.3) is 5.91 Å². The van der Waals surface area contributed by atoms with Gasteiger partial charge in [-0.05, 0) is 48.7 Å². The van der Waals surface area contributed by atoms with E-state index in [9.17, 15) is 14.4 Å². The zero-order chi connectivity index (χ0) is 22.5. The van der Waals surface area contributed by atoms with Crippen molar-refractivity contribution in [2.75, 3.05) is 11.9 Å². The number of nitrogens with one attached hydrogen (secondary N) is 2. The van der Waals surface area contributed by atoms with Gasteiger partial charge in [-0.3, -0.25) is 14.4 Å². The Morgan fingerprint density at radius 3 is 2.32 bits per heavy atom. The van der Waals surface area contributed by atoms with Crippen molar-refractivity contribution >= 4 is 46.6 Å². The largest absolute Gasteiger partial charge is 0.350 e. The van der Waals surface area contributed by atoms with Gasteiger partial charge >= 0.3 is 0 Å². The van der Waals surface area contributed by atoms with Crippen molar-refractivity contribution in [2.24, 2.45) is 5.92 Å². The second kappa shape index (κ2) is 10.2. The van der Waals surface area contributed by atoms with E-state index in [2.05, 4.69) is 10.6 Å². The smallest absolute Gasteiger partial charge is 0.254 e. The highest BCUT2D eigenvalue weighted by Gasteiger charge is 2.34. The molecule has 0 aromatic heterocycles. The van der Waals surface area contributed by atoms with Crippen LogP contribution in [-0.2, 0) is 16.1 Å². The van der Waals surface area contributed by atoms with Gasteiger partial charge in [-0.25, -0.2) is 0 Å². The fourth-order valence-corrected chi connectivity index (χ4v) is 3.95. The second-order valence-electron chi connectivity index (χ2n) is 7.87. The number of benzene rings is 2. The van der Waals surface area contributed by atoms with E-state index in [4.69, 9.17) is 23.2 Å². The highest BCUT2D eigenvalue weighted by molar-refractivity contribution is 6.35. The van der Waals surface area contributed by atoms with Crippen molar-refractivity contribution in [1.29, 1.82) is 0 Å². The van der Waals surface area contributed by atoms with Gasteiger partial charge in [-0.2, -0.15) is 0 Å². The lowest BCUT2D eigenvalue weighted by molar-refractivity contribution is -0.125. The number of hydrogen-bond donors (Lipinski definition) is 2. The van der Waals surface area contributed by atoms with Crippen molar-refractivity contribution in [3.63, 3.8) is 0 Å². The number of anilines is 1. The van der Waals surface area contributed by atoms with Gasteiger partial charge in [0.2, 0.25) is 11.8 Å². The van der Waals surface area contributed by atoms with Crippen molar-refractivity contribution < 1.29 is 14.4 Å². The van der Waals surface area contributed by atoms with Crippen LogP contribution in [0.2, 0.25) is 10.0 Å². The molecule has 0 aliphatic carbocycles. The van der Waals surface area contributed by atoms with Crippen LogP contribution in [0.5, 0.6) is 0 Å². The van der Waals surface area contributed by atoms with E-state index in [1.165, 1.54) is 0 Å². The maximum absolute atomic E-state index is 12.9. The van der Waals surface area contributed by atoms with Gasteiger partial charge in [-0.1, -0.05) is 49.2 Å². The summed E-state index contributed by atoms with van der Waals surface area (Å²) in [4.78, 5) is 39.0. The van der Waals surface area contributed by atoms with Gasteiger partial charge in [-0.15, -0.1) is 0 Å². The van der Waals surface area contributed by atoms with Crippen molar-refractivity contribution in [1.82, 2.24) is 10.2 Å². The lowest BCUT2D eigenvalue weighted by Crippen LogP contribution is -2.45. The van der Waals surface area contributed by atoms with Crippen LogP contribution in [-0.4, -0.2) is 35.2 Å². The van der Waals surface area contributed by atoms with Crippen molar-refractivity contribution in [3.05, 3.63) is 63.6 Å². The number of rotatable bonds is 6. The summed E-state index contributed by atoms with van der Waals surface area (Å²) in [5.74, 6) is -0.601. The van der Waals surface area contributed by atoms with Crippen molar-refractivity contribution in [3.8, 4) is 0 Å². The third-order valence-corrected chi connectivity index (χ3v) is 5.57. The molecule has 8 heteroatoms. The molecule has 6 nitrogen and oxygen atoms in total. The maximum Gasteiger partial charge on any atom is 0.254 e. The molecule has 0 spiro atoms. The zero-order valence-electron chi connectivity index (χ0n) is 17.5. The van der Waals surface area contributed by atoms with E-state index in [-0.39, 0.29) is 23.6 Å². The molecule has 3 rings (SSSR count). The standard InChI is InChI=1S/C23H25Cl2N3O3/c1-14(2)21(29)27-19-7-5-15(6-8-19)13-26-22(30)20-4-3-9-28(20)23(31)16-10-17(24)12-18(25)11-16/h5-8,10-12,14,20H,3-4,9,13H2,1-2H3,(H,26,30)(H,27,29). The molecule has 1 saturated heterocycles. The van der Waals surface area contributed by atoms with E-state index in [1.807, 2.05) is 26.0 Å². The molecule has 2 N–H and O–H groups in total. The third kappa shape index (κ3) is 5.99. The average molecular weight is 462 g/mol. The first-order valence-electron chi connectivity index (χ1n) is 10.2. The molecule has 1 unspecified atom stereocenters. The Labute approximate surface area is 191 Å². The molecule has 31 heavy (non-hydrogen) atoms. The minimum absolute atomic E-state index is 0.0481. The molecule has 0 saturated carbocycles. The zero-order valence-corrected chi connectivity index (χ0v) is 19.0. The SMILES string of the molecule is CC(C)C(=O)Nc1ccc(CNC(=O)C2CCCN2C(=O)c2cc(Cl)cc(Cl)c2)cc1. The number of hydrogen-bond acceptors (Lipinski definition) is 3. The van der Waals surface area contributed by atoms with Gasteiger partial charge in [0, 0.05) is 40.3 Å². The monoisotopic (exact) mass is 461 g/mol. The van der Waals surface area contributed by atoms with E-state index in [1.54, 1.807) is 35.2 Å². The van der Waals surface area contributed by atoms with Gasteiger partial charge in [0.1, 0.15) is 6.04 Å². The molecule has 1 heterocycles. The molecule has 2 aromatic rings. The molecule has 1 aliphatic heterocycles. The first-order chi connectivity index (χ1) is 14.7. The van der Waals surface area contributed by atoms with E-state index < -0.39 is 6.04 Å². The molecule has 1 aliphatic rings. The number of carbonyl (C=O) groups excluding carboxylic acids is 3. The summed E-state index contributed by atoms with van der Waals surface area (Å²) in [5, 5.41) is 6.49. The lowest BCUT2D eigenvalue weighted by atomic mass is 10.1. The van der Waals surface area contributed by atoms with Crippen LogP contribution in [0.1, 0.15) is 42.6 Å².